The van der Waals surface area contributed by atoms with E-state index in [0.29, 0.717) is 6.42 Å². The number of carbonyl (C=O) groups is 3. The van der Waals surface area contributed by atoms with Crippen LogP contribution in [0.25, 0.3) is 0 Å². The summed E-state index contributed by atoms with van der Waals surface area (Å²) < 4.78 is 0.869. The van der Waals surface area contributed by atoms with E-state index in [1.54, 1.807) is 0 Å². The lowest BCUT2D eigenvalue weighted by Crippen LogP contribution is -2.35. The Morgan fingerprint density at radius 2 is 1.96 bits per heavy atom. The van der Waals surface area contributed by atoms with E-state index in [4.69, 9.17) is 5.11 Å². The predicted molar refractivity (Wildman–Crippen MR) is 94.3 cm³/mol. The Balaban J connectivity index is 2.58. The fourth-order valence-corrected chi connectivity index (χ4v) is 2.65. The molecule has 0 atom stereocenters. The maximum Gasteiger partial charge on any atom is 0.323 e. The van der Waals surface area contributed by atoms with Gasteiger partial charge in [-0.3, -0.25) is 14.4 Å². The van der Waals surface area contributed by atoms with E-state index in [1.165, 1.54) is 4.90 Å². The number of nitrogens with zero attached hydrogens (tertiary/aromatic N) is 1. The lowest BCUT2D eigenvalue weighted by atomic mass is 10.1. The van der Waals surface area contributed by atoms with Gasteiger partial charge in [0.15, 0.2) is 0 Å². The second kappa shape index (κ2) is 10.1. The van der Waals surface area contributed by atoms with Gasteiger partial charge in [0.1, 0.15) is 6.54 Å². The van der Waals surface area contributed by atoms with Gasteiger partial charge in [-0.15, -0.1) is 0 Å². The number of hydrogen-bond acceptors (Lipinski definition) is 3. The van der Waals surface area contributed by atoms with Crippen molar-refractivity contribution in [3.05, 3.63) is 34.3 Å². The van der Waals surface area contributed by atoms with Crippen LogP contribution in [0.5, 0.6) is 0 Å². The van der Waals surface area contributed by atoms with E-state index < -0.39 is 5.97 Å². The average molecular weight is 399 g/mol. The Hall–Kier alpha value is -1.89. The number of halogens is 1. The molecule has 0 aromatic heterocycles. The van der Waals surface area contributed by atoms with Crippen molar-refractivity contribution in [2.75, 3.05) is 6.54 Å². The highest BCUT2D eigenvalue weighted by molar-refractivity contribution is 9.10. The number of rotatable bonds is 9. The maximum atomic E-state index is 12.3. The molecule has 6 nitrogen and oxygen atoms in total. The normalized spacial score (nSPS) is 10.5. The fraction of sp³-hybridized carbons (Fsp3) is 0.471. The number of hydrogen-bond donors (Lipinski definition) is 2. The van der Waals surface area contributed by atoms with Gasteiger partial charge in [0.2, 0.25) is 11.8 Å². The smallest absolute Gasteiger partial charge is 0.323 e. The third kappa shape index (κ3) is 8.10. The third-order valence-corrected chi connectivity index (χ3v) is 3.68. The van der Waals surface area contributed by atoms with Crippen molar-refractivity contribution in [1.82, 2.24) is 10.2 Å². The molecule has 1 aromatic rings. The summed E-state index contributed by atoms with van der Waals surface area (Å²) in [7, 11) is 0. The number of benzene rings is 1. The van der Waals surface area contributed by atoms with Crippen molar-refractivity contribution in [2.24, 2.45) is 0 Å². The second-order valence-corrected chi connectivity index (χ2v) is 6.76. The lowest BCUT2D eigenvalue weighted by Gasteiger charge is -2.21. The highest BCUT2D eigenvalue weighted by Gasteiger charge is 2.17. The van der Waals surface area contributed by atoms with Crippen LogP contribution < -0.4 is 5.32 Å². The van der Waals surface area contributed by atoms with Gasteiger partial charge in [0.25, 0.3) is 0 Å². The van der Waals surface area contributed by atoms with Crippen LogP contribution >= 0.6 is 15.9 Å². The zero-order valence-corrected chi connectivity index (χ0v) is 15.5. The van der Waals surface area contributed by atoms with Crippen molar-refractivity contribution in [3.63, 3.8) is 0 Å². The van der Waals surface area contributed by atoms with Gasteiger partial charge in [-0.2, -0.15) is 0 Å². The molecule has 0 saturated carbocycles. The van der Waals surface area contributed by atoms with E-state index in [9.17, 15) is 14.4 Å². The minimum atomic E-state index is -1.06. The number of carbonyl (C=O) groups excluding carboxylic acids is 2. The molecule has 0 aliphatic carbocycles. The summed E-state index contributed by atoms with van der Waals surface area (Å²) in [5.74, 6) is -1.43. The molecule has 0 heterocycles. The first-order valence-electron chi connectivity index (χ1n) is 7.81. The Morgan fingerprint density at radius 1 is 1.25 bits per heavy atom. The molecule has 2 amide bonds. The number of aliphatic carboxylic acids is 1. The van der Waals surface area contributed by atoms with E-state index >= 15 is 0 Å². The molecule has 0 saturated heterocycles. The van der Waals surface area contributed by atoms with Crippen LogP contribution in [0.15, 0.2) is 28.7 Å². The summed E-state index contributed by atoms with van der Waals surface area (Å²) >= 11 is 3.35. The zero-order valence-electron chi connectivity index (χ0n) is 13.9. The van der Waals surface area contributed by atoms with Crippen molar-refractivity contribution in [2.45, 2.75) is 45.7 Å². The Bertz CT molecular complexity index is 590. The Morgan fingerprint density at radius 3 is 2.54 bits per heavy atom. The van der Waals surface area contributed by atoms with Crippen LogP contribution in [0, 0.1) is 0 Å². The molecule has 0 fully saturated rings. The van der Waals surface area contributed by atoms with Crippen LogP contribution in [0.2, 0.25) is 0 Å². The monoisotopic (exact) mass is 398 g/mol. The molecule has 7 heteroatoms. The van der Waals surface area contributed by atoms with Crippen LogP contribution in [-0.2, 0) is 20.9 Å². The van der Waals surface area contributed by atoms with Crippen molar-refractivity contribution in [3.8, 4) is 0 Å². The van der Waals surface area contributed by atoms with Crippen LogP contribution in [0.4, 0.5) is 0 Å². The first-order chi connectivity index (χ1) is 11.3. The summed E-state index contributed by atoms with van der Waals surface area (Å²) in [4.78, 5) is 36.2. The molecule has 0 aliphatic rings. The van der Waals surface area contributed by atoms with Gasteiger partial charge in [0.05, 0.1) is 0 Å². The van der Waals surface area contributed by atoms with E-state index in [1.807, 2.05) is 38.1 Å². The van der Waals surface area contributed by atoms with Crippen molar-refractivity contribution >= 4 is 33.7 Å². The number of carboxylic acid groups (broad SMARTS) is 1. The first-order valence-corrected chi connectivity index (χ1v) is 8.60. The topological polar surface area (TPSA) is 86.7 Å². The largest absolute Gasteiger partial charge is 0.480 e. The molecule has 0 bridgehead atoms. The molecular weight excluding hydrogens is 376 g/mol. The fourth-order valence-electron chi connectivity index (χ4n) is 2.20. The van der Waals surface area contributed by atoms with Gasteiger partial charge in [-0.05, 0) is 38.0 Å². The minimum absolute atomic E-state index is 0.0632. The lowest BCUT2D eigenvalue weighted by molar-refractivity contribution is -0.145. The van der Waals surface area contributed by atoms with Gasteiger partial charge < -0.3 is 15.3 Å². The van der Waals surface area contributed by atoms with E-state index in [2.05, 4.69) is 21.2 Å². The van der Waals surface area contributed by atoms with Gasteiger partial charge in [-0.25, -0.2) is 0 Å². The maximum absolute atomic E-state index is 12.3. The van der Waals surface area contributed by atoms with Gasteiger partial charge in [-0.1, -0.05) is 28.1 Å². The van der Waals surface area contributed by atoms with Gasteiger partial charge in [0, 0.05) is 29.9 Å². The van der Waals surface area contributed by atoms with Gasteiger partial charge >= 0.3 is 5.97 Å². The van der Waals surface area contributed by atoms with E-state index in [0.717, 1.165) is 10.0 Å². The first kappa shape index (κ1) is 20.2. The number of amides is 2. The van der Waals surface area contributed by atoms with Crippen molar-refractivity contribution < 1.29 is 19.5 Å². The van der Waals surface area contributed by atoms with Crippen molar-refractivity contribution in [1.29, 1.82) is 0 Å². The SMILES string of the molecule is CC(C)NC(=O)CCCC(=O)N(CC(=O)O)Cc1cccc(Br)c1. The summed E-state index contributed by atoms with van der Waals surface area (Å²) in [6.07, 6.45) is 0.792. The molecule has 132 valence electrons. The number of nitrogens with one attached hydrogen (secondary N) is 1. The second-order valence-electron chi connectivity index (χ2n) is 5.85. The van der Waals surface area contributed by atoms with E-state index in [-0.39, 0.29) is 43.8 Å². The molecule has 0 unspecified atom stereocenters. The molecule has 1 aromatic carbocycles. The summed E-state index contributed by atoms with van der Waals surface area (Å²) in [6, 6.07) is 7.44. The minimum Gasteiger partial charge on any atom is -0.480 e. The summed E-state index contributed by atoms with van der Waals surface area (Å²) in [5.41, 5.74) is 0.844. The molecule has 24 heavy (non-hydrogen) atoms. The summed E-state index contributed by atoms with van der Waals surface area (Å²) in [6.45, 7) is 3.61. The predicted octanol–water partition coefficient (Wildman–Crippen LogP) is 2.56. The molecule has 0 spiro atoms. The zero-order chi connectivity index (χ0) is 18.1. The quantitative estimate of drug-likeness (QED) is 0.668. The molecule has 2 N–H and O–H groups in total. The third-order valence-electron chi connectivity index (χ3n) is 3.19. The summed E-state index contributed by atoms with van der Waals surface area (Å²) in [5, 5.41) is 11.8. The standard InChI is InChI=1S/C17H23BrN2O4/c1-12(2)19-15(21)7-4-8-16(22)20(11-17(23)24)10-13-5-3-6-14(18)9-13/h3,5-6,9,12H,4,7-8,10-11H2,1-2H3,(H,19,21)(H,23,24). The Labute approximate surface area is 150 Å². The molecule has 0 aliphatic heterocycles. The van der Waals surface area contributed by atoms with Crippen LogP contribution in [-0.4, -0.2) is 40.4 Å². The molecule has 1 rings (SSSR count). The highest BCUT2D eigenvalue weighted by Crippen LogP contribution is 2.14. The van der Waals surface area contributed by atoms with Crippen LogP contribution in [0.1, 0.15) is 38.7 Å². The molecule has 0 radical (unpaired) electrons. The highest BCUT2D eigenvalue weighted by atomic mass is 79.9. The van der Waals surface area contributed by atoms with Crippen LogP contribution in [0.3, 0.4) is 0 Å². The Kier molecular flexibility index (Phi) is 8.46. The average Bonchev–Trinajstić information content (AvgIpc) is 2.45. The number of carboxylic acids is 1. The molecular formula is C17H23BrN2O4.